The van der Waals surface area contributed by atoms with E-state index >= 15 is 0 Å². The lowest BCUT2D eigenvalue weighted by molar-refractivity contribution is 0.278. The van der Waals surface area contributed by atoms with Gasteiger partial charge in [-0.25, -0.2) is 0 Å². The Balaban J connectivity index is 1.82. The standard InChI is InChI=1S/C15H20N2/c1-11-7-14(10-16-9-11)13-5-4-12-3-2-6-17-15(12)8-13/h5,7,9-10,12,15,17H,2-4,6,8H2,1H3. The summed E-state index contributed by atoms with van der Waals surface area (Å²) in [5.74, 6) is 0.866. The maximum atomic E-state index is 4.30. The second-order valence-electron chi connectivity index (χ2n) is 5.38. The molecule has 2 unspecified atom stereocenters. The lowest BCUT2D eigenvalue weighted by Gasteiger charge is -2.36. The average Bonchev–Trinajstić information content (AvgIpc) is 2.38. The zero-order chi connectivity index (χ0) is 11.7. The summed E-state index contributed by atoms with van der Waals surface area (Å²) >= 11 is 0. The fraction of sp³-hybridized carbons (Fsp3) is 0.533. The van der Waals surface area contributed by atoms with Gasteiger partial charge in [0.05, 0.1) is 0 Å². The highest BCUT2D eigenvalue weighted by Crippen LogP contribution is 2.34. The Morgan fingerprint density at radius 1 is 1.35 bits per heavy atom. The lowest BCUT2D eigenvalue weighted by Crippen LogP contribution is -2.42. The third-order valence-corrected chi connectivity index (χ3v) is 4.08. The van der Waals surface area contributed by atoms with Crippen LogP contribution in [-0.2, 0) is 0 Å². The van der Waals surface area contributed by atoms with Crippen LogP contribution in [0, 0.1) is 12.8 Å². The van der Waals surface area contributed by atoms with Crippen LogP contribution in [0.5, 0.6) is 0 Å². The topological polar surface area (TPSA) is 24.9 Å². The predicted octanol–water partition coefficient (Wildman–Crippen LogP) is 2.94. The van der Waals surface area contributed by atoms with Crippen LogP contribution in [0.2, 0.25) is 0 Å². The van der Waals surface area contributed by atoms with Gasteiger partial charge in [0.2, 0.25) is 0 Å². The monoisotopic (exact) mass is 228 g/mol. The number of piperidine rings is 1. The molecule has 2 aliphatic rings. The minimum absolute atomic E-state index is 0.698. The van der Waals surface area contributed by atoms with Crippen molar-refractivity contribution in [2.24, 2.45) is 5.92 Å². The first-order valence-corrected chi connectivity index (χ1v) is 6.67. The third kappa shape index (κ3) is 2.27. The first-order chi connectivity index (χ1) is 8.33. The van der Waals surface area contributed by atoms with E-state index in [2.05, 4.69) is 29.4 Å². The van der Waals surface area contributed by atoms with Crippen molar-refractivity contribution in [3.63, 3.8) is 0 Å². The maximum Gasteiger partial charge on any atom is 0.0343 e. The summed E-state index contributed by atoms with van der Waals surface area (Å²) in [6, 6.07) is 2.95. The number of fused-ring (bicyclic) bond motifs is 1. The molecule has 0 spiro atoms. The van der Waals surface area contributed by atoms with E-state index in [0.29, 0.717) is 6.04 Å². The van der Waals surface area contributed by atoms with E-state index in [-0.39, 0.29) is 0 Å². The molecule has 1 aliphatic carbocycles. The SMILES string of the molecule is Cc1cncc(C2=CCC3CCCNC3C2)c1. The van der Waals surface area contributed by atoms with Gasteiger partial charge >= 0.3 is 0 Å². The second kappa shape index (κ2) is 4.61. The van der Waals surface area contributed by atoms with Crippen molar-refractivity contribution in [1.29, 1.82) is 0 Å². The first-order valence-electron chi connectivity index (χ1n) is 6.67. The van der Waals surface area contributed by atoms with Crippen molar-refractivity contribution in [1.82, 2.24) is 10.3 Å². The van der Waals surface area contributed by atoms with Gasteiger partial charge in [-0.05, 0) is 67.8 Å². The first kappa shape index (κ1) is 11.0. The average molecular weight is 228 g/mol. The summed E-state index contributed by atoms with van der Waals surface area (Å²) in [6.07, 6.45) is 11.5. The summed E-state index contributed by atoms with van der Waals surface area (Å²) < 4.78 is 0. The highest BCUT2D eigenvalue weighted by molar-refractivity contribution is 5.66. The molecular formula is C15H20N2. The van der Waals surface area contributed by atoms with Crippen molar-refractivity contribution < 1.29 is 0 Å². The molecule has 17 heavy (non-hydrogen) atoms. The van der Waals surface area contributed by atoms with E-state index < -0.39 is 0 Å². The highest BCUT2D eigenvalue weighted by atomic mass is 14.9. The van der Waals surface area contributed by atoms with Gasteiger partial charge in [-0.1, -0.05) is 6.08 Å². The summed E-state index contributed by atoms with van der Waals surface area (Å²) in [4.78, 5) is 4.30. The Kier molecular flexibility index (Phi) is 2.98. The van der Waals surface area contributed by atoms with Crippen molar-refractivity contribution >= 4 is 5.57 Å². The molecule has 2 nitrogen and oxygen atoms in total. The number of hydrogen-bond donors (Lipinski definition) is 1. The molecule has 1 aromatic rings. The summed E-state index contributed by atoms with van der Waals surface area (Å²) in [7, 11) is 0. The van der Waals surface area contributed by atoms with Gasteiger partial charge in [-0.2, -0.15) is 0 Å². The zero-order valence-corrected chi connectivity index (χ0v) is 10.4. The van der Waals surface area contributed by atoms with Crippen LogP contribution in [0.1, 0.15) is 36.8 Å². The molecule has 2 heterocycles. The van der Waals surface area contributed by atoms with Gasteiger partial charge in [0.25, 0.3) is 0 Å². The Morgan fingerprint density at radius 2 is 2.29 bits per heavy atom. The van der Waals surface area contributed by atoms with E-state index in [9.17, 15) is 0 Å². The van der Waals surface area contributed by atoms with Gasteiger partial charge in [-0.3, -0.25) is 4.98 Å². The molecule has 1 aromatic heterocycles. The molecule has 1 aliphatic heterocycles. The van der Waals surface area contributed by atoms with Gasteiger partial charge in [0, 0.05) is 18.4 Å². The number of pyridine rings is 1. The number of aromatic nitrogens is 1. The lowest BCUT2D eigenvalue weighted by atomic mass is 9.78. The largest absolute Gasteiger partial charge is 0.313 e. The Morgan fingerprint density at radius 3 is 3.18 bits per heavy atom. The summed E-state index contributed by atoms with van der Waals surface area (Å²) in [6.45, 7) is 3.31. The second-order valence-corrected chi connectivity index (χ2v) is 5.38. The number of allylic oxidation sites excluding steroid dienone is 1. The minimum Gasteiger partial charge on any atom is -0.313 e. The normalized spacial score (nSPS) is 28.4. The number of hydrogen-bond acceptors (Lipinski definition) is 2. The molecule has 3 rings (SSSR count). The molecule has 1 fully saturated rings. The smallest absolute Gasteiger partial charge is 0.0343 e. The minimum atomic E-state index is 0.698. The molecule has 0 saturated carbocycles. The maximum absolute atomic E-state index is 4.30. The van der Waals surface area contributed by atoms with Gasteiger partial charge < -0.3 is 5.32 Å². The molecule has 1 N–H and O–H groups in total. The fourth-order valence-corrected chi connectivity index (χ4v) is 3.12. The van der Waals surface area contributed by atoms with Crippen LogP contribution in [-0.4, -0.2) is 17.6 Å². The van der Waals surface area contributed by atoms with Crippen molar-refractivity contribution in [3.8, 4) is 0 Å². The van der Waals surface area contributed by atoms with Crippen molar-refractivity contribution in [2.75, 3.05) is 6.54 Å². The van der Waals surface area contributed by atoms with Crippen LogP contribution in [0.3, 0.4) is 0 Å². The van der Waals surface area contributed by atoms with Crippen LogP contribution in [0.15, 0.2) is 24.5 Å². The van der Waals surface area contributed by atoms with E-state index in [0.717, 1.165) is 5.92 Å². The van der Waals surface area contributed by atoms with Crippen LogP contribution in [0.4, 0.5) is 0 Å². The zero-order valence-electron chi connectivity index (χ0n) is 10.4. The van der Waals surface area contributed by atoms with Crippen molar-refractivity contribution in [2.45, 2.75) is 38.6 Å². The summed E-state index contributed by atoms with van der Waals surface area (Å²) in [5, 5.41) is 3.67. The van der Waals surface area contributed by atoms with Gasteiger partial charge in [0.1, 0.15) is 0 Å². The number of rotatable bonds is 1. The quantitative estimate of drug-likeness (QED) is 0.799. The highest BCUT2D eigenvalue weighted by Gasteiger charge is 2.28. The van der Waals surface area contributed by atoms with Crippen LogP contribution >= 0.6 is 0 Å². The molecule has 1 saturated heterocycles. The molecule has 0 bridgehead atoms. The molecule has 2 heteroatoms. The van der Waals surface area contributed by atoms with Gasteiger partial charge in [0.15, 0.2) is 0 Å². The molecule has 2 atom stereocenters. The fourth-order valence-electron chi connectivity index (χ4n) is 3.12. The van der Waals surface area contributed by atoms with Crippen LogP contribution < -0.4 is 5.32 Å². The molecule has 0 amide bonds. The number of nitrogens with one attached hydrogen (secondary N) is 1. The number of nitrogens with zero attached hydrogens (tertiary/aromatic N) is 1. The molecule has 90 valence electrons. The van der Waals surface area contributed by atoms with Crippen molar-refractivity contribution in [3.05, 3.63) is 35.7 Å². The summed E-state index contributed by atoms with van der Waals surface area (Å²) in [5.41, 5.74) is 4.05. The third-order valence-electron chi connectivity index (χ3n) is 4.08. The van der Waals surface area contributed by atoms with E-state index in [1.807, 2.05) is 12.4 Å². The number of aryl methyl sites for hydroxylation is 1. The van der Waals surface area contributed by atoms with Crippen LogP contribution in [0.25, 0.3) is 5.57 Å². The van der Waals surface area contributed by atoms with E-state index in [1.165, 1.54) is 48.9 Å². The van der Waals surface area contributed by atoms with E-state index in [1.54, 1.807) is 0 Å². The molecular weight excluding hydrogens is 208 g/mol. The Labute approximate surface area is 103 Å². The molecule has 0 radical (unpaired) electrons. The van der Waals surface area contributed by atoms with Gasteiger partial charge in [-0.15, -0.1) is 0 Å². The molecule has 0 aromatic carbocycles. The van der Waals surface area contributed by atoms with E-state index in [4.69, 9.17) is 0 Å². The Bertz CT molecular complexity index is 436. The Hall–Kier alpha value is -1.15. The predicted molar refractivity (Wildman–Crippen MR) is 70.7 cm³/mol.